The third-order valence-corrected chi connectivity index (χ3v) is 4.19. The van der Waals surface area contributed by atoms with Crippen LogP contribution in [0.1, 0.15) is 0 Å². The van der Waals surface area contributed by atoms with Gasteiger partial charge >= 0.3 is 0 Å². The van der Waals surface area contributed by atoms with E-state index in [0.29, 0.717) is 19.0 Å². The summed E-state index contributed by atoms with van der Waals surface area (Å²) in [7, 11) is 0. The van der Waals surface area contributed by atoms with Crippen LogP contribution in [0.25, 0.3) is 22.4 Å². The maximum absolute atomic E-state index is 11.2. The Morgan fingerprint density at radius 1 is 1.17 bits per heavy atom. The summed E-state index contributed by atoms with van der Waals surface area (Å²) in [5, 5.41) is 11.2. The van der Waals surface area contributed by atoms with Gasteiger partial charge < -0.3 is 14.6 Å². The lowest BCUT2D eigenvalue weighted by Gasteiger charge is -2.30. The Hall–Kier alpha value is -2.93. The molecule has 4 rings (SSSR count). The van der Waals surface area contributed by atoms with Crippen molar-refractivity contribution in [3.63, 3.8) is 0 Å². The number of morpholine rings is 1. The Morgan fingerprint density at radius 2 is 1.96 bits per heavy atom. The number of benzene rings is 2. The predicted molar refractivity (Wildman–Crippen MR) is 91.2 cm³/mol. The van der Waals surface area contributed by atoms with Gasteiger partial charge in [-0.15, -0.1) is 0 Å². The van der Waals surface area contributed by atoms with E-state index in [-0.39, 0.29) is 10.6 Å². The fourth-order valence-corrected chi connectivity index (χ4v) is 2.99. The fourth-order valence-electron chi connectivity index (χ4n) is 2.99. The van der Waals surface area contributed by atoms with Crippen LogP contribution >= 0.6 is 0 Å². The van der Waals surface area contributed by atoms with Gasteiger partial charge in [-0.05, 0) is 18.2 Å². The molecule has 0 bridgehead atoms. The molecular weight excluding hydrogens is 308 g/mol. The molecule has 0 unspecified atom stereocenters. The summed E-state index contributed by atoms with van der Waals surface area (Å²) in [5.74, 6) is 0.640. The minimum atomic E-state index is -0.380. The largest absolute Gasteiger partial charge is 0.378 e. The van der Waals surface area contributed by atoms with Crippen LogP contribution in [0.4, 0.5) is 11.4 Å². The minimum absolute atomic E-state index is 0.0578. The van der Waals surface area contributed by atoms with Crippen molar-refractivity contribution in [1.82, 2.24) is 9.97 Å². The van der Waals surface area contributed by atoms with Crippen molar-refractivity contribution in [3.8, 4) is 11.4 Å². The van der Waals surface area contributed by atoms with Crippen LogP contribution < -0.4 is 4.90 Å². The molecule has 1 aromatic heterocycles. The van der Waals surface area contributed by atoms with Gasteiger partial charge in [0.05, 0.1) is 29.2 Å². The molecule has 0 aliphatic carbocycles. The lowest BCUT2D eigenvalue weighted by atomic mass is 10.1. The molecule has 1 saturated heterocycles. The third-order valence-electron chi connectivity index (χ3n) is 4.19. The number of nitrogens with one attached hydrogen (secondary N) is 1. The summed E-state index contributed by atoms with van der Waals surface area (Å²) in [5.41, 5.74) is 3.48. The zero-order chi connectivity index (χ0) is 16.5. The summed E-state index contributed by atoms with van der Waals surface area (Å²) in [4.78, 5) is 20.9. The number of anilines is 1. The van der Waals surface area contributed by atoms with Crippen LogP contribution in [-0.4, -0.2) is 41.2 Å². The molecule has 3 aromatic rings. The van der Waals surface area contributed by atoms with Crippen molar-refractivity contribution in [2.45, 2.75) is 0 Å². The van der Waals surface area contributed by atoms with Gasteiger partial charge in [-0.25, -0.2) is 4.98 Å². The number of hydrogen-bond donors (Lipinski definition) is 1. The second-order valence-electron chi connectivity index (χ2n) is 5.66. The molecule has 0 spiro atoms. The normalized spacial score (nSPS) is 14.9. The summed E-state index contributed by atoms with van der Waals surface area (Å²) in [6.07, 6.45) is 0. The average molecular weight is 324 g/mol. The second kappa shape index (κ2) is 5.93. The van der Waals surface area contributed by atoms with Crippen LogP contribution in [0.3, 0.4) is 0 Å². The molecule has 0 amide bonds. The van der Waals surface area contributed by atoms with Crippen LogP contribution in [0, 0.1) is 10.1 Å². The van der Waals surface area contributed by atoms with E-state index in [0.717, 1.165) is 35.4 Å². The number of non-ortho nitro benzene ring substituents is 1. The highest BCUT2D eigenvalue weighted by Crippen LogP contribution is 2.34. The molecule has 1 aliphatic rings. The molecule has 0 atom stereocenters. The van der Waals surface area contributed by atoms with Gasteiger partial charge in [-0.2, -0.15) is 0 Å². The van der Waals surface area contributed by atoms with E-state index in [2.05, 4.69) is 14.9 Å². The number of nitrogens with zero attached hydrogens (tertiary/aromatic N) is 3. The predicted octanol–water partition coefficient (Wildman–Crippen LogP) is 2.97. The maximum atomic E-state index is 11.2. The SMILES string of the molecule is O=[N+]([O-])c1ccc(N2CCOCC2)c(-c2nc3ccccc3[nH]2)c1. The molecule has 1 aliphatic heterocycles. The van der Waals surface area contributed by atoms with Gasteiger partial charge in [-0.1, -0.05) is 12.1 Å². The number of hydrogen-bond acceptors (Lipinski definition) is 5. The summed E-state index contributed by atoms with van der Waals surface area (Å²) in [6, 6.07) is 12.6. The van der Waals surface area contributed by atoms with E-state index in [1.165, 1.54) is 6.07 Å². The van der Waals surface area contributed by atoms with E-state index in [9.17, 15) is 10.1 Å². The number of imidazole rings is 1. The zero-order valence-corrected chi connectivity index (χ0v) is 12.9. The highest BCUT2D eigenvalue weighted by Gasteiger charge is 2.20. The summed E-state index contributed by atoms with van der Waals surface area (Å²) in [6.45, 7) is 2.81. The van der Waals surface area contributed by atoms with Crippen LogP contribution in [-0.2, 0) is 4.74 Å². The zero-order valence-electron chi connectivity index (χ0n) is 12.9. The van der Waals surface area contributed by atoms with Crippen molar-refractivity contribution in [1.29, 1.82) is 0 Å². The second-order valence-corrected chi connectivity index (χ2v) is 5.66. The maximum Gasteiger partial charge on any atom is 0.270 e. The number of aromatic nitrogens is 2. The molecular formula is C17H16N4O3. The molecule has 24 heavy (non-hydrogen) atoms. The molecule has 1 N–H and O–H groups in total. The first-order valence-electron chi connectivity index (χ1n) is 7.78. The Kier molecular flexibility index (Phi) is 3.62. The summed E-state index contributed by atoms with van der Waals surface area (Å²) >= 11 is 0. The first-order valence-corrected chi connectivity index (χ1v) is 7.78. The Labute approximate surface area is 138 Å². The van der Waals surface area contributed by atoms with Gasteiger partial charge in [0.25, 0.3) is 5.69 Å². The number of H-pyrrole nitrogens is 1. The highest BCUT2D eigenvalue weighted by atomic mass is 16.6. The molecule has 1 fully saturated rings. The number of ether oxygens (including phenoxy) is 1. The molecule has 2 aromatic carbocycles. The number of aromatic amines is 1. The number of para-hydroxylation sites is 2. The van der Waals surface area contributed by atoms with Crippen molar-refractivity contribution < 1.29 is 9.66 Å². The topological polar surface area (TPSA) is 84.3 Å². The van der Waals surface area contributed by atoms with Crippen molar-refractivity contribution in [2.24, 2.45) is 0 Å². The van der Waals surface area contributed by atoms with Crippen molar-refractivity contribution >= 4 is 22.4 Å². The van der Waals surface area contributed by atoms with Crippen LogP contribution in [0.5, 0.6) is 0 Å². The van der Waals surface area contributed by atoms with Gasteiger partial charge in [0.2, 0.25) is 0 Å². The Bertz CT molecular complexity index is 867. The molecule has 2 heterocycles. The molecule has 7 nitrogen and oxygen atoms in total. The first kappa shape index (κ1) is 14.6. The Morgan fingerprint density at radius 3 is 2.71 bits per heavy atom. The average Bonchev–Trinajstić information content (AvgIpc) is 3.06. The van der Waals surface area contributed by atoms with E-state index < -0.39 is 0 Å². The molecule has 0 saturated carbocycles. The number of nitro benzene ring substituents is 1. The van der Waals surface area contributed by atoms with E-state index in [1.807, 2.05) is 24.3 Å². The number of nitro groups is 1. The highest BCUT2D eigenvalue weighted by molar-refractivity contribution is 5.84. The van der Waals surface area contributed by atoms with E-state index >= 15 is 0 Å². The standard InChI is InChI=1S/C17H16N4O3/c22-21(23)12-5-6-16(20-7-9-24-10-8-20)13(11-12)17-18-14-3-1-2-4-15(14)19-17/h1-6,11H,7-10H2,(H,18,19). The molecule has 0 radical (unpaired) electrons. The van der Waals surface area contributed by atoms with Crippen molar-refractivity contribution in [2.75, 3.05) is 31.2 Å². The lowest BCUT2D eigenvalue weighted by molar-refractivity contribution is -0.384. The summed E-state index contributed by atoms with van der Waals surface area (Å²) < 4.78 is 5.40. The monoisotopic (exact) mass is 324 g/mol. The van der Waals surface area contributed by atoms with E-state index in [1.54, 1.807) is 12.1 Å². The fraction of sp³-hybridized carbons (Fsp3) is 0.235. The Balaban J connectivity index is 1.86. The van der Waals surface area contributed by atoms with Crippen LogP contribution in [0.2, 0.25) is 0 Å². The van der Waals surface area contributed by atoms with Gasteiger partial charge in [0.1, 0.15) is 5.82 Å². The van der Waals surface area contributed by atoms with Gasteiger partial charge in [0.15, 0.2) is 0 Å². The molecule has 7 heteroatoms. The quantitative estimate of drug-likeness (QED) is 0.591. The number of rotatable bonds is 3. The van der Waals surface area contributed by atoms with E-state index in [4.69, 9.17) is 4.74 Å². The van der Waals surface area contributed by atoms with Gasteiger partial charge in [-0.3, -0.25) is 10.1 Å². The lowest BCUT2D eigenvalue weighted by Crippen LogP contribution is -2.36. The first-order chi connectivity index (χ1) is 11.7. The van der Waals surface area contributed by atoms with Crippen LogP contribution in [0.15, 0.2) is 42.5 Å². The smallest absolute Gasteiger partial charge is 0.270 e. The molecule has 122 valence electrons. The van der Waals surface area contributed by atoms with Gasteiger partial charge in [0, 0.05) is 36.5 Å². The number of fused-ring (bicyclic) bond motifs is 1. The third kappa shape index (κ3) is 2.59. The minimum Gasteiger partial charge on any atom is -0.378 e. The van der Waals surface area contributed by atoms with Crippen molar-refractivity contribution in [3.05, 3.63) is 52.6 Å².